The van der Waals surface area contributed by atoms with Gasteiger partial charge < -0.3 is 10.2 Å². The molecular formula is C12H23F3N2. The molecule has 5 heteroatoms. The molecule has 0 bridgehead atoms. The Labute approximate surface area is 102 Å². The van der Waals surface area contributed by atoms with Crippen molar-refractivity contribution in [3.8, 4) is 0 Å². The Morgan fingerprint density at radius 1 is 1.35 bits per heavy atom. The predicted molar refractivity (Wildman–Crippen MR) is 63.0 cm³/mol. The van der Waals surface area contributed by atoms with E-state index in [4.69, 9.17) is 0 Å². The van der Waals surface area contributed by atoms with E-state index in [0.717, 1.165) is 25.9 Å². The highest BCUT2D eigenvalue weighted by Gasteiger charge is 2.28. The first-order valence-corrected chi connectivity index (χ1v) is 6.46. The zero-order chi connectivity index (χ0) is 12.9. The van der Waals surface area contributed by atoms with Gasteiger partial charge in [0, 0.05) is 12.1 Å². The fourth-order valence-electron chi connectivity index (χ4n) is 2.52. The number of alkyl halides is 3. The molecule has 0 aromatic heterocycles. The van der Waals surface area contributed by atoms with Crippen LogP contribution in [0.2, 0.25) is 0 Å². The summed E-state index contributed by atoms with van der Waals surface area (Å²) in [6, 6.07) is 0.373. The molecule has 1 fully saturated rings. The van der Waals surface area contributed by atoms with Crippen molar-refractivity contribution in [1.82, 2.24) is 10.2 Å². The molecule has 1 N–H and O–H groups in total. The lowest BCUT2D eigenvalue weighted by Gasteiger charge is -2.36. The van der Waals surface area contributed by atoms with E-state index < -0.39 is 12.7 Å². The first-order valence-electron chi connectivity index (χ1n) is 6.46. The predicted octanol–water partition coefficient (Wildman–Crippen LogP) is 2.79. The van der Waals surface area contributed by atoms with E-state index in [2.05, 4.69) is 17.1 Å². The average molecular weight is 252 g/mol. The van der Waals surface area contributed by atoms with Gasteiger partial charge in [0.15, 0.2) is 0 Å². The summed E-state index contributed by atoms with van der Waals surface area (Å²) < 4.78 is 36.2. The van der Waals surface area contributed by atoms with E-state index in [1.807, 2.05) is 6.92 Å². The van der Waals surface area contributed by atoms with Crippen LogP contribution in [0.15, 0.2) is 0 Å². The third kappa shape index (κ3) is 5.73. The SMILES string of the molecule is CCN1CCCCC1CC(C)NCC(F)(F)F. The van der Waals surface area contributed by atoms with Gasteiger partial charge in [-0.3, -0.25) is 0 Å². The van der Waals surface area contributed by atoms with Crippen LogP contribution < -0.4 is 5.32 Å². The molecule has 2 atom stereocenters. The molecule has 1 saturated heterocycles. The van der Waals surface area contributed by atoms with Crippen LogP contribution in [0, 0.1) is 0 Å². The summed E-state index contributed by atoms with van der Waals surface area (Å²) in [5.74, 6) is 0. The first-order chi connectivity index (χ1) is 7.92. The molecule has 102 valence electrons. The summed E-state index contributed by atoms with van der Waals surface area (Å²) in [5.41, 5.74) is 0. The Bertz CT molecular complexity index is 218. The van der Waals surface area contributed by atoms with E-state index in [0.29, 0.717) is 6.04 Å². The van der Waals surface area contributed by atoms with Gasteiger partial charge in [0.05, 0.1) is 6.54 Å². The number of hydrogen-bond acceptors (Lipinski definition) is 2. The topological polar surface area (TPSA) is 15.3 Å². The molecular weight excluding hydrogens is 229 g/mol. The van der Waals surface area contributed by atoms with Crippen molar-refractivity contribution in [2.45, 2.75) is 57.8 Å². The Hall–Kier alpha value is -0.290. The van der Waals surface area contributed by atoms with Crippen molar-refractivity contribution in [1.29, 1.82) is 0 Å². The normalized spacial score (nSPS) is 24.9. The second kappa shape index (κ2) is 6.59. The molecule has 0 aromatic carbocycles. The molecule has 2 unspecified atom stereocenters. The van der Waals surface area contributed by atoms with Gasteiger partial charge in [-0.15, -0.1) is 0 Å². The van der Waals surface area contributed by atoms with Crippen LogP contribution in [0.1, 0.15) is 39.5 Å². The summed E-state index contributed by atoms with van der Waals surface area (Å²) in [6.45, 7) is 5.16. The van der Waals surface area contributed by atoms with Crippen LogP contribution in [-0.2, 0) is 0 Å². The van der Waals surface area contributed by atoms with E-state index in [-0.39, 0.29) is 6.04 Å². The van der Waals surface area contributed by atoms with Crippen molar-refractivity contribution in [3.63, 3.8) is 0 Å². The van der Waals surface area contributed by atoms with Crippen molar-refractivity contribution >= 4 is 0 Å². The summed E-state index contributed by atoms with van der Waals surface area (Å²) in [7, 11) is 0. The molecule has 1 aliphatic rings. The number of likely N-dealkylation sites (tertiary alicyclic amines) is 1. The smallest absolute Gasteiger partial charge is 0.306 e. The van der Waals surface area contributed by atoms with Gasteiger partial charge in [-0.05, 0) is 39.3 Å². The lowest BCUT2D eigenvalue weighted by Crippen LogP contribution is -2.44. The van der Waals surface area contributed by atoms with Gasteiger partial charge >= 0.3 is 6.18 Å². The van der Waals surface area contributed by atoms with E-state index in [9.17, 15) is 13.2 Å². The lowest BCUT2D eigenvalue weighted by atomic mass is 9.96. The van der Waals surface area contributed by atoms with Gasteiger partial charge in [-0.2, -0.15) is 13.2 Å². The Morgan fingerprint density at radius 2 is 2.06 bits per heavy atom. The number of nitrogens with one attached hydrogen (secondary N) is 1. The lowest BCUT2D eigenvalue weighted by molar-refractivity contribution is -0.126. The number of hydrogen-bond donors (Lipinski definition) is 1. The number of nitrogens with zero attached hydrogens (tertiary/aromatic N) is 1. The summed E-state index contributed by atoms with van der Waals surface area (Å²) in [6.07, 6.45) is 0.239. The molecule has 0 amide bonds. The maximum Gasteiger partial charge on any atom is 0.401 e. The van der Waals surface area contributed by atoms with Crippen LogP contribution in [0.3, 0.4) is 0 Å². The minimum Gasteiger partial charge on any atom is -0.306 e. The standard InChI is InChI=1S/C12H23F3N2/c1-3-17-7-5-4-6-11(17)8-10(2)16-9-12(13,14)15/h10-11,16H,3-9H2,1-2H3. The highest BCUT2D eigenvalue weighted by atomic mass is 19.4. The van der Waals surface area contributed by atoms with Crippen molar-refractivity contribution in [2.75, 3.05) is 19.6 Å². The third-order valence-electron chi connectivity index (χ3n) is 3.43. The first kappa shape index (κ1) is 14.8. The Kier molecular flexibility index (Phi) is 5.73. The molecule has 0 aliphatic carbocycles. The van der Waals surface area contributed by atoms with Crippen LogP contribution in [0.25, 0.3) is 0 Å². The quantitative estimate of drug-likeness (QED) is 0.809. The molecule has 0 radical (unpaired) electrons. The monoisotopic (exact) mass is 252 g/mol. The molecule has 1 rings (SSSR count). The van der Waals surface area contributed by atoms with Gasteiger partial charge in [-0.25, -0.2) is 0 Å². The average Bonchev–Trinajstić information content (AvgIpc) is 2.26. The molecule has 0 saturated carbocycles. The zero-order valence-electron chi connectivity index (χ0n) is 10.7. The minimum absolute atomic E-state index is 0.0752. The van der Waals surface area contributed by atoms with Gasteiger partial charge in [0.2, 0.25) is 0 Å². The van der Waals surface area contributed by atoms with Crippen molar-refractivity contribution in [2.24, 2.45) is 0 Å². The van der Waals surface area contributed by atoms with Crippen molar-refractivity contribution in [3.05, 3.63) is 0 Å². The largest absolute Gasteiger partial charge is 0.401 e. The van der Waals surface area contributed by atoms with Gasteiger partial charge in [0.1, 0.15) is 0 Å². The highest BCUT2D eigenvalue weighted by Crippen LogP contribution is 2.21. The van der Waals surface area contributed by atoms with Crippen LogP contribution >= 0.6 is 0 Å². The Balaban J connectivity index is 2.31. The van der Waals surface area contributed by atoms with Crippen LogP contribution in [-0.4, -0.2) is 42.8 Å². The second-order valence-electron chi connectivity index (χ2n) is 4.91. The molecule has 17 heavy (non-hydrogen) atoms. The van der Waals surface area contributed by atoms with Gasteiger partial charge in [-0.1, -0.05) is 13.3 Å². The molecule has 2 nitrogen and oxygen atoms in total. The molecule has 1 heterocycles. The zero-order valence-corrected chi connectivity index (χ0v) is 10.7. The third-order valence-corrected chi connectivity index (χ3v) is 3.43. The highest BCUT2D eigenvalue weighted by molar-refractivity contribution is 4.80. The number of halogens is 3. The van der Waals surface area contributed by atoms with E-state index in [1.165, 1.54) is 12.8 Å². The maximum absolute atomic E-state index is 12.1. The minimum atomic E-state index is -4.11. The van der Waals surface area contributed by atoms with Crippen molar-refractivity contribution < 1.29 is 13.2 Å². The fraction of sp³-hybridized carbons (Fsp3) is 1.00. The molecule has 1 aliphatic heterocycles. The molecule has 0 spiro atoms. The van der Waals surface area contributed by atoms with Crippen LogP contribution in [0.5, 0.6) is 0 Å². The fourth-order valence-corrected chi connectivity index (χ4v) is 2.52. The number of piperidine rings is 1. The second-order valence-corrected chi connectivity index (χ2v) is 4.91. The summed E-state index contributed by atoms with van der Waals surface area (Å²) >= 11 is 0. The summed E-state index contributed by atoms with van der Waals surface area (Å²) in [5, 5.41) is 2.56. The maximum atomic E-state index is 12.1. The van der Waals surface area contributed by atoms with E-state index >= 15 is 0 Å². The number of rotatable bonds is 5. The summed E-state index contributed by atoms with van der Waals surface area (Å²) in [4.78, 5) is 2.38. The van der Waals surface area contributed by atoms with E-state index in [1.54, 1.807) is 0 Å². The van der Waals surface area contributed by atoms with Gasteiger partial charge in [0.25, 0.3) is 0 Å². The molecule has 0 aromatic rings. The van der Waals surface area contributed by atoms with Crippen LogP contribution in [0.4, 0.5) is 13.2 Å². The Morgan fingerprint density at radius 3 is 2.65 bits per heavy atom.